The van der Waals surface area contributed by atoms with Gasteiger partial charge in [0.15, 0.2) is 11.5 Å². The van der Waals surface area contributed by atoms with Crippen LogP contribution in [0.2, 0.25) is 0 Å². The Hall–Kier alpha value is -2.18. The van der Waals surface area contributed by atoms with Crippen molar-refractivity contribution in [3.05, 3.63) is 23.8 Å². The third kappa shape index (κ3) is 4.60. The average molecular weight is 421 g/mol. The Labute approximate surface area is 175 Å². The Morgan fingerprint density at radius 2 is 1.83 bits per heavy atom. The van der Waals surface area contributed by atoms with Crippen molar-refractivity contribution in [3.8, 4) is 11.5 Å². The lowest BCUT2D eigenvalue weighted by Gasteiger charge is -2.39. The zero-order valence-electron chi connectivity index (χ0n) is 17.3. The summed E-state index contributed by atoms with van der Waals surface area (Å²) in [5.74, 6) is 0.749. The number of carbonyl (C=O) groups is 2. The zero-order valence-corrected chi connectivity index (χ0v) is 17.3. The highest BCUT2D eigenvalue weighted by atomic mass is 19.3. The van der Waals surface area contributed by atoms with Crippen LogP contribution in [0.3, 0.4) is 0 Å². The summed E-state index contributed by atoms with van der Waals surface area (Å²) in [4.78, 5) is 27.7. The summed E-state index contributed by atoms with van der Waals surface area (Å²) < 4.78 is 35.3. The normalized spacial score (nSPS) is 25.9. The van der Waals surface area contributed by atoms with E-state index in [1.54, 1.807) is 19.1 Å². The first-order valence-corrected chi connectivity index (χ1v) is 11.0. The van der Waals surface area contributed by atoms with E-state index < -0.39 is 6.61 Å². The number of hydrogen-bond acceptors (Lipinski definition) is 4. The maximum Gasteiger partial charge on any atom is 0.387 e. The maximum absolute atomic E-state index is 13.4. The second kappa shape index (κ2) is 8.90. The lowest BCUT2D eigenvalue weighted by Crippen LogP contribution is -2.44. The van der Waals surface area contributed by atoms with Crippen molar-refractivity contribution in [2.24, 2.45) is 17.8 Å². The summed E-state index contributed by atoms with van der Waals surface area (Å²) >= 11 is 0. The van der Waals surface area contributed by atoms with E-state index in [0.29, 0.717) is 31.8 Å². The number of alkyl halides is 2. The van der Waals surface area contributed by atoms with Crippen LogP contribution >= 0.6 is 0 Å². The van der Waals surface area contributed by atoms with Gasteiger partial charge in [0.05, 0.1) is 6.61 Å². The molecule has 164 valence electrons. The minimum Gasteiger partial charge on any atom is -0.490 e. The third-order valence-electron chi connectivity index (χ3n) is 6.54. The minimum absolute atomic E-state index is 0.00137. The van der Waals surface area contributed by atoms with Crippen molar-refractivity contribution in [1.29, 1.82) is 0 Å². The van der Waals surface area contributed by atoms with Gasteiger partial charge in [-0.05, 0) is 63.1 Å². The van der Waals surface area contributed by atoms with Crippen molar-refractivity contribution in [2.75, 3.05) is 6.61 Å². The van der Waals surface area contributed by atoms with Crippen LogP contribution in [0.5, 0.6) is 11.5 Å². The van der Waals surface area contributed by atoms with Gasteiger partial charge in [0.25, 0.3) is 0 Å². The van der Waals surface area contributed by atoms with E-state index in [4.69, 9.17) is 4.74 Å². The van der Waals surface area contributed by atoms with Crippen LogP contribution in [0, 0.1) is 17.8 Å². The Morgan fingerprint density at radius 3 is 2.43 bits per heavy atom. The third-order valence-corrected chi connectivity index (χ3v) is 6.54. The number of hydrogen-bond donors (Lipinski definition) is 0. The van der Waals surface area contributed by atoms with E-state index in [1.165, 1.54) is 6.07 Å². The lowest BCUT2D eigenvalue weighted by atomic mass is 9.67. The Kier molecular flexibility index (Phi) is 6.25. The molecule has 3 saturated carbocycles. The number of carbonyl (C=O) groups excluding carboxylic acids is 2. The van der Waals surface area contributed by atoms with Crippen molar-refractivity contribution >= 4 is 11.7 Å². The molecule has 0 saturated heterocycles. The Bertz CT molecular complexity index is 779. The summed E-state index contributed by atoms with van der Waals surface area (Å²) in [6, 6.07) is 5.10. The van der Waals surface area contributed by atoms with Crippen molar-refractivity contribution in [2.45, 2.75) is 71.1 Å². The van der Waals surface area contributed by atoms with Crippen molar-refractivity contribution < 1.29 is 27.8 Å². The van der Waals surface area contributed by atoms with Gasteiger partial charge in [-0.2, -0.15) is 8.78 Å². The number of fused-ring (bicyclic) bond motifs is 2. The number of ketones is 1. The van der Waals surface area contributed by atoms with E-state index in [0.717, 1.165) is 37.7 Å². The number of Topliss-reactive ketones (excluding diaryl/α,β-unsaturated/α-hetero) is 1. The molecule has 1 unspecified atom stereocenters. The van der Waals surface area contributed by atoms with Gasteiger partial charge in [-0.1, -0.05) is 12.5 Å². The molecule has 3 aliphatic rings. The van der Waals surface area contributed by atoms with Gasteiger partial charge in [0, 0.05) is 30.3 Å². The number of amides is 1. The first kappa shape index (κ1) is 21.1. The van der Waals surface area contributed by atoms with Crippen LogP contribution < -0.4 is 9.47 Å². The molecule has 2 bridgehead atoms. The SMILES string of the molecule is CCOc1cc(CN(C(=O)C2C[C@H]3CCC[C@@H](C2)C3=O)C2CC2)ccc1OC(F)F. The molecular weight excluding hydrogens is 392 g/mol. The molecule has 1 aromatic rings. The zero-order chi connectivity index (χ0) is 21.3. The highest BCUT2D eigenvalue weighted by Gasteiger charge is 2.44. The van der Waals surface area contributed by atoms with Gasteiger partial charge in [0.1, 0.15) is 5.78 Å². The van der Waals surface area contributed by atoms with Gasteiger partial charge in [-0.25, -0.2) is 0 Å². The molecule has 0 N–H and O–H groups in total. The second-order valence-corrected chi connectivity index (χ2v) is 8.69. The predicted octanol–water partition coefficient (Wildman–Crippen LogP) is 4.57. The summed E-state index contributed by atoms with van der Waals surface area (Å²) in [5, 5.41) is 0. The number of nitrogens with zero attached hydrogens (tertiary/aromatic N) is 1. The van der Waals surface area contributed by atoms with E-state index in [-0.39, 0.29) is 41.2 Å². The van der Waals surface area contributed by atoms with Crippen LogP contribution in [-0.4, -0.2) is 35.9 Å². The first-order chi connectivity index (χ1) is 14.5. The molecule has 0 heterocycles. The largest absolute Gasteiger partial charge is 0.490 e. The molecule has 0 aromatic heterocycles. The van der Waals surface area contributed by atoms with E-state index in [2.05, 4.69) is 4.74 Å². The van der Waals surface area contributed by atoms with E-state index in [9.17, 15) is 18.4 Å². The highest BCUT2D eigenvalue weighted by Crippen LogP contribution is 2.42. The molecule has 1 aromatic carbocycles. The van der Waals surface area contributed by atoms with Gasteiger partial charge in [-0.3, -0.25) is 9.59 Å². The van der Waals surface area contributed by atoms with E-state index in [1.807, 2.05) is 4.90 Å². The highest BCUT2D eigenvalue weighted by molar-refractivity contribution is 5.88. The predicted molar refractivity (Wildman–Crippen MR) is 106 cm³/mol. The molecule has 7 heteroatoms. The fraction of sp³-hybridized carbons (Fsp3) is 0.652. The number of halogens is 2. The second-order valence-electron chi connectivity index (χ2n) is 8.69. The van der Waals surface area contributed by atoms with Gasteiger partial charge in [-0.15, -0.1) is 0 Å². The topological polar surface area (TPSA) is 55.8 Å². The first-order valence-electron chi connectivity index (χ1n) is 11.0. The molecule has 0 spiro atoms. The molecule has 4 rings (SSSR count). The maximum atomic E-state index is 13.4. The molecule has 3 atom stereocenters. The fourth-order valence-electron chi connectivity index (χ4n) is 5.00. The fourth-order valence-corrected chi connectivity index (χ4v) is 5.00. The summed E-state index contributed by atoms with van der Waals surface area (Å²) in [6.45, 7) is -0.404. The average Bonchev–Trinajstić information content (AvgIpc) is 3.52. The summed E-state index contributed by atoms with van der Waals surface area (Å²) in [7, 11) is 0. The molecule has 30 heavy (non-hydrogen) atoms. The molecule has 0 aliphatic heterocycles. The monoisotopic (exact) mass is 421 g/mol. The van der Waals surface area contributed by atoms with Crippen LogP contribution in [-0.2, 0) is 16.1 Å². The number of ether oxygens (including phenoxy) is 2. The molecule has 0 radical (unpaired) electrons. The number of benzene rings is 1. The van der Waals surface area contributed by atoms with E-state index >= 15 is 0 Å². The molecule has 3 fully saturated rings. The molecular formula is C23H29F2NO4. The summed E-state index contributed by atoms with van der Waals surface area (Å²) in [6.07, 6.45) is 6.20. The molecule has 5 nitrogen and oxygen atoms in total. The quantitative estimate of drug-likeness (QED) is 0.617. The Morgan fingerprint density at radius 1 is 1.13 bits per heavy atom. The van der Waals surface area contributed by atoms with Crippen LogP contribution in [0.1, 0.15) is 57.4 Å². The van der Waals surface area contributed by atoms with Crippen LogP contribution in [0.25, 0.3) is 0 Å². The molecule has 1 amide bonds. The smallest absolute Gasteiger partial charge is 0.387 e. The van der Waals surface area contributed by atoms with Crippen molar-refractivity contribution in [3.63, 3.8) is 0 Å². The lowest BCUT2D eigenvalue weighted by molar-refractivity contribution is -0.144. The van der Waals surface area contributed by atoms with Gasteiger partial charge >= 0.3 is 6.61 Å². The van der Waals surface area contributed by atoms with Crippen LogP contribution in [0.15, 0.2) is 18.2 Å². The number of rotatable bonds is 8. The van der Waals surface area contributed by atoms with Crippen molar-refractivity contribution in [1.82, 2.24) is 4.90 Å². The minimum atomic E-state index is -2.92. The Balaban J connectivity index is 1.49. The van der Waals surface area contributed by atoms with Crippen LogP contribution in [0.4, 0.5) is 8.78 Å². The molecule has 3 aliphatic carbocycles. The van der Waals surface area contributed by atoms with Gasteiger partial charge in [0.2, 0.25) is 5.91 Å². The standard InChI is InChI=1S/C23H29F2NO4/c1-2-29-20-10-14(6-9-19(20)30-23(24)25)13-26(18-7-8-18)22(28)17-11-15-4-3-5-16(12-17)21(15)27/h6,9-10,15-18,23H,2-5,7-8,11-13H2,1H3/t15-,16+,17?. The van der Waals surface area contributed by atoms with Gasteiger partial charge < -0.3 is 14.4 Å². The summed E-state index contributed by atoms with van der Waals surface area (Å²) in [5.41, 5.74) is 0.826.